The zero-order chi connectivity index (χ0) is 21.4. The second kappa shape index (κ2) is 8.51. The summed E-state index contributed by atoms with van der Waals surface area (Å²) in [5.41, 5.74) is 9.11. The highest BCUT2D eigenvalue weighted by atomic mass is 35.5. The molecule has 158 valence electrons. The molecule has 1 fully saturated rings. The Kier molecular flexibility index (Phi) is 5.58. The van der Waals surface area contributed by atoms with Crippen molar-refractivity contribution in [2.45, 2.75) is 19.1 Å². The smallest absolute Gasteiger partial charge is 0.138 e. The number of benzene rings is 2. The highest BCUT2D eigenvalue weighted by Gasteiger charge is 2.26. The molecule has 8 heteroatoms. The molecule has 1 unspecified atom stereocenters. The largest absolute Gasteiger partial charge is 0.383 e. The molecule has 1 aliphatic heterocycles. The monoisotopic (exact) mass is 451 g/mol. The zero-order valence-corrected chi connectivity index (χ0v) is 18.4. The number of hydrogen-bond donors (Lipinski definition) is 1. The molecule has 0 saturated carbocycles. The van der Waals surface area contributed by atoms with Gasteiger partial charge in [0.05, 0.1) is 15.9 Å². The van der Waals surface area contributed by atoms with Crippen molar-refractivity contribution in [3.05, 3.63) is 64.3 Å². The molecule has 0 radical (unpaired) electrons. The van der Waals surface area contributed by atoms with E-state index in [9.17, 15) is 4.79 Å². The minimum Gasteiger partial charge on any atom is -0.383 e. The lowest BCUT2D eigenvalue weighted by Crippen LogP contribution is -2.53. The van der Waals surface area contributed by atoms with E-state index in [0.717, 1.165) is 46.7 Å². The number of aromatic nitrogens is 2. The highest BCUT2D eigenvalue weighted by molar-refractivity contribution is 7.22. The minimum atomic E-state index is -0.140. The van der Waals surface area contributed by atoms with E-state index in [1.807, 2.05) is 24.3 Å². The van der Waals surface area contributed by atoms with Gasteiger partial charge in [-0.05, 0) is 46.8 Å². The Balaban J connectivity index is 1.27. The number of nitrogens with zero attached hydrogens (tertiary/aromatic N) is 4. The van der Waals surface area contributed by atoms with Gasteiger partial charge in [-0.3, -0.25) is 9.80 Å². The van der Waals surface area contributed by atoms with Crippen LogP contribution in [0, 0.1) is 0 Å². The van der Waals surface area contributed by atoms with E-state index in [2.05, 4.69) is 38.0 Å². The molecule has 4 aromatic rings. The summed E-state index contributed by atoms with van der Waals surface area (Å²) in [5, 5.41) is 2.03. The summed E-state index contributed by atoms with van der Waals surface area (Å²) in [6.45, 7) is 3.99. The maximum absolute atomic E-state index is 11.9. The number of rotatable bonds is 5. The zero-order valence-electron chi connectivity index (χ0n) is 16.9. The third-order valence-electron chi connectivity index (χ3n) is 5.85. The van der Waals surface area contributed by atoms with E-state index < -0.39 is 0 Å². The van der Waals surface area contributed by atoms with Crippen LogP contribution < -0.4 is 5.73 Å². The van der Waals surface area contributed by atoms with E-state index in [1.54, 1.807) is 11.3 Å². The van der Waals surface area contributed by atoms with E-state index >= 15 is 0 Å². The van der Waals surface area contributed by atoms with Crippen LogP contribution in [0.2, 0.25) is 4.34 Å². The Bertz CT molecular complexity index is 1260. The van der Waals surface area contributed by atoms with E-state index in [4.69, 9.17) is 17.3 Å². The first-order valence-corrected chi connectivity index (χ1v) is 11.4. The van der Waals surface area contributed by atoms with Crippen molar-refractivity contribution in [1.82, 2.24) is 19.8 Å². The van der Waals surface area contributed by atoms with Gasteiger partial charge in [0.1, 0.15) is 18.4 Å². The van der Waals surface area contributed by atoms with Crippen molar-refractivity contribution in [2.75, 3.05) is 25.4 Å². The molecule has 2 aromatic carbocycles. The van der Waals surface area contributed by atoms with Gasteiger partial charge in [0.2, 0.25) is 0 Å². The molecule has 0 bridgehead atoms. The summed E-state index contributed by atoms with van der Waals surface area (Å²) in [6, 6.07) is 14.4. The number of aldehydes is 1. The number of thiophene rings is 1. The van der Waals surface area contributed by atoms with Crippen molar-refractivity contribution in [3.63, 3.8) is 0 Å². The van der Waals surface area contributed by atoms with Crippen molar-refractivity contribution in [1.29, 1.82) is 0 Å². The van der Waals surface area contributed by atoms with Crippen LogP contribution in [0.3, 0.4) is 0 Å². The molecule has 31 heavy (non-hydrogen) atoms. The van der Waals surface area contributed by atoms with Crippen LogP contribution in [0.15, 0.2) is 48.8 Å². The highest BCUT2D eigenvalue weighted by Crippen LogP contribution is 2.30. The molecule has 1 aliphatic rings. The van der Waals surface area contributed by atoms with Crippen molar-refractivity contribution in [3.8, 4) is 0 Å². The fourth-order valence-electron chi connectivity index (χ4n) is 4.25. The molecule has 1 atom stereocenters. The van der Waals surface area contributed by atoms with Gasteiger partial charge in [-0.25, -0.2) is 9.97 Å². The molecule has 1 saturated heterocycles. The number of halogens is 1. The molecule has 5 rings (SSSR count). The average Bonchev–Trinajstić information content (AvgIpc) is 3.14. The maximum atomic E-state index is 11.9. The van der Waals surface area contributed by atoms with Crippen LogP contribution in [0.4, 0.5) is 5.82 Å². The van der Waals surface area contributed by atoms with Gasteiger partial charge in [0, 0.05) is 42.8 Å². The average molecular weight is 452 g/mol. The van der Waals surface area contributed by atoms with Gasteiger partial charge in [-0.15, -0.1) is 11.3 Å². The van der Waals surface area contributed by atoms with Gasteiger partial charge < -0.3 is 10.5 Å². The second-order valence-electron chi connectivity index (χ2n) is 7.94. The predicted octanol–water partition coefficient (Wildman–Crippen LogP) is 3.97. The number of fused-ring (bicyclic) bond motifs is 2. The quantitative estimate of drug-likeness (QED) is 0.463. The molecule has 6 nitrogen and oxygen atoms in total. The third kappa shape index (κ3) is 4.27. The first-order valence-electron chi connectivity index (χ1n) is 10.2. The fourth-order valence-corrected chi connectivity index (χ4v) is 5.38. The summed E-state index contributed by atoms with van der Waals surface area (Å²) in [6.07, 6.45) is 2.55. The Morgan fingerprint density at radius 2 is 1.94 bits per heavy atom. The predicted molar refractivity (Wildman–Crippen MR) is 126 cm³/mol. The van der Waals surface area contributed by atoms with E-state index in [-0.39, 0.29) is 6.04 Å². The van der Waals surface area contributed by atoms with Crippen molar-refractivity contribution < 1.29 is 4.79 Å². The molecule has 0 spiro atoms. The Labute approximate surface area is 189 Å². The van der Waals surface area contributed by atoms with Crippen LogP contribution in [-0.4, -0.2) is 51.7 Å². The number of anilines is 1. The minimum absolute atomic E-state index is 0.140. The number of piperazine rings is 1. The molecule has 2 aromatic heterocycles. The molecule has 0 amide bonds. The van der Waals surface area contributed by atoms with Crippen LogP contribution in [0.1, 0.15) is 11.1 Å². The van der Waals surface area contributed by atoms with Crippen LogP contribution >= 0.6 is 22.9 Å². The molecule has 0 aliphatic carbocycles. The Morgan fingerprint density at radius 3 is 2.81 bits per heavy atom. The number of nitrogens with two attached hydrogens (primary N) is 1. The summed E-state index contributed by atoms with van der Waals surface area (Å²) >= 11 is 7.74. The first kappa shape index (κ1) is 20.3. The van der Waals surface area contributed by atoms with Crippen LogP contribution in [-0.2, 0) is 17.9 Å². The summed E-state index contributed by atoms with van der Waals surface area (Å²) in [4.78, 5) is 24.8. The van der Waals surface area contributed by atoms with Crippen molar-refractivity contribution >= 4 is 56.0 Å². The maximum Gasteiger partial charge on any atom is 0.138 e. The second-order valence-corrected chi connectivity index (χ2v) is 9.66. The number of hydrogen-bond acceptors (Lipinski definition) is 7. The SMILES string of the molecule is Nc1ncnc2cc(CN3CCN(Cc4ccc5sc(Cl)cc5c4)CC3C=O)ccc12. The number of carbonyl (C=O) groups is 1. The number of carbonyl (C=O) groups excluding carboxylic acids is 1. The number of nitrogen functional groups attached to an aromatic ring is 1. The fraction of sp³-hybridized carbons (Fsp3) is 0.261. The Hall–Kier alpha value is -2.58. The van der Waals surface area contributed by atoms with Crippen LogP contribution in [0.25, 0.3) is 21.0 Å². The third-order valence-corrected chi connectivity index (χ3v) is 7.09. The normalized spacial score (nSPS) is 18.0. The standard InChI is InChI=1S/C23H22ClN5OS/c24-22-9-17-7-15(2-4-21(17)31-22)10-28-5-6-29(18(12-28)13-30)11-16-1-3-19-20(8-16)26-14-27-23(19)25/h1-4,7-9,13-14,18H,5-6,10-12H2,(H2,25,26,27). The topological polar surface area (TPSA) is 75.3 Å². The Morgan fingerprint density at radius 1 is 1.10 bits per heavy atom. The van der Waals surface area contributed by atoms with Gasteiger partial charge in [0.15, 0.2) is 0 Å². The summed E-state index contributed by atoms with van der Waals surface area (Å²) in [5.74, 6) is 0.485. The van der Waals surface area contributed by atoms with Crippen molar-refractivity contribution in [2.24, 2.45) is 0 Å². The summed E-state index contributed by atoms with van der Waals surface area (Å²) in [7, 11) is 0. The van der Waals surface area contributed by atoms with E-state index in [0.29, 0.717) is 18.9 Å². The van der Waals surface area contributed by atoms with Crippen LogP contribution in [0.5, 0.6) is 0 Å². The van der Waals surface area contributed by atoms with Gasteiger partial charge in [-0.1, -0.05) is 23.7 Å². The lowest BCUT2D eigenvalue weighted by atomic mass is 10.1. The van der Waals surface area contributed by atoms with Gasteiger partial charge in [-0.2, -0.15) is 0 Å². The molecule has 2 N–H and O–H groups in total. The molecular weight excluding hydrogens is 430 g/mol. The first-order chi connectivity index (χ1) is 15.1. The van der Waals surface area contributed by atoms with Gasteiger partial charge in [0.25, 0.3) is 0 Å². The lowest BCUT2D eigenvalue weighted by molar-refractivity contribution is -0.115. The molecular formula is C23H22ClN5OS. The lowest BCUT2D eigenvalue weighted by Gasteiger charge is -2.39. The molecule has 3 heterocycles. The van der Waals surface area contributed by atoms with Gasteiger partial charge >= 0.3 is 0 Å². The van der Waals surface area contributed by atoms with E-state index in [1.165, 1.54) is 22.0 Å². The summed E-state index contributed by atoms with van der Waals surface area (Å²) < 4.78 is 2.01.